The SMILES string of the molecule is O=C(ON1C(=O)c2ccccc2C1=O)C(=O)N1CCC(C(F)(F)F)CC1. The van der Waals surface area contributed by atoms with Gasteiger partial charge < -0.3 is 9.74 Å². The molecule has 0 unspecified atom stereocenters. The normalized spacial score (nSPS) is 18.1. The highest BCUT2D eigenvalue weighted by molar-refractivity contribution is 6.33. The first-order chi connectivity index (χ1) is 12.2. The number of nitrogens with zero attached hydrogens (tertiary/aromatic N) is 2. The number of imide groups is 1. The lowest BCUT2D eigenvalue weighted by Gasteiger charge is -2.32. The van der Waals surface area contributed by atoms with Crippen LogP contribution in [0, 0.1) is 5.92 Å². The van der Waals surface area contributed by atoms with Crippen molar-refractivity contribution in [3.8, 4) is 0 Å². The lowest BCUT2D eigenvalue weighted by atomic mass is 9.96. The van der Waals surface area contributed by atoms with Crippen molar-refractivity contribution in [2.45, 2.75) is 19.0 Å². The predicted molar refractivity (Wildman–Crippen MR) is 78.4 cm³/mol. The van der Waals surface area contributed by atoms with Crippen molar-refractivity contribution in [1.29, 1.82) is 0 Å². The molecule has 138 valence electrons. The number of fused-ring (bicyclic) bond motifs is 1. The Morgan fingerprint density at radius 3 is 1.96 bits per heavy atom. The van der Waals surface area contributed by atoms with Gasteiger partial charge >= 0.3 is 18.1 Å². The van der Waals surface area contributed by atoms with E-state index in [9.17, 15) is 32.3 Å². The lowest BCUT2D eigenvalue weighted by Crippen LogP contribution is -2.47. The van der Waals surface area contributed by atoms with Crippen LogP contribution < -0.4 is 0 Å². The zero-order valence-electron chi connectivity index (χ0n) is 13.3. The van der Waals surface area contributed by atoms with Crippen LogP contribution >= 0.6 is 0 Å². The Balaban J connectivity index is 1.62. The molecule has 0 bridgehead atoms. The molecular formula is C16H13F3N2O5. The molecule has 26 heavy (non-hydrogen) atoms. The van der Waals surface area contributed by atoms with E-state index < -0.39 is 35.8 Å². The third kappa shape index (κ3) is 3.14. The molecule has 0 atom stereocenters. The van der Waals surface area contributed by atoms with Gasteiger partial charge in [0.25, 0.3) is 11.8 Å². The molecule has 2 aliphatic heterocycles. The first-order valence-electron chi connectivity index (χ1n) is 7.76. The summed E-state index contributed by atoms with van der Waals surface area (Å²) in [6, 6.07) is 5.77. The Morgan fingerprint density at radius 2 is 1.50 bits per heavy atom. The van der Waals surface area contributed by atoms with E-state index in [0.717, 1.165) is 4.90 Å². The largest absolute Gasteiger partial charge is 0.421 e. The minimum Gasteiger partial charge on any atom is -0.333 e. The van der Waals surface area contributed by atoms with Gasteiger partial charge in [0, 0.05) is 13.1 Å². The van der Waals surface area contributed by atoms with Gasteiger partial charge in [0.05, 0.1) is 17.0 Å². The number of amides is 3. The summed E-state index contributed by atoms with van der Waals surface area (Å²) in [6.07, 6.45) is -5.00. The number of alkyl halides is 3. The second-order valence-electron chi connectivity index (χ2n) is 5.94. The van der Waals surface area contributed by atoms with E-state index in [-0.39, 0.29) is 42.1 Å². The highest BCUT2D eigenvalue weighted by Gasteiger charge is 2.44. The van der Waals surface area contributed by atoms with E-state index in [4.69, 9.17) is 0 Å². The van der Waals surface area contributed by atoms with E-state index in [1.54, 1.807) is 0 Å². The molecule has 1 aromatic carbocycles. The van der Waals surface area contributed by atoms with Crippen molar-refractivity contribution in [2.24, 2.45) is 5.92 Å². The molecular weight excluding hydrogens is 357 g/mol. The van der Waals surface area contributed by atoms with Crippen LogP contribution in [0.3, 0.4) is 0 Å². The molecule has 1 fully saturated rings. The monoisotopic (exact) mass is 370 g/mol. The standard InChI is InChI=1S/C16H13F3N2O5/c17-16(18,19)9-5-7-20(8-6-9)14(24)15(25)26-21-12(22)10-3-1-2-4-11(10)13(21)23/h1-4,9H,5-8H2. The second kappa shape index (κ2) is 6.43. The maximum absolute atomic E-state index is 12.6. The molecule has 0 aliphatic carbocycles. The fraction of sp³-hybridized carbons (Fsp3) is 0.375. The van der Waals surface area contributed by atoms with Crippen molar-refractivity contribution < 1.29 is 37.2 Å². The van der Waals surface area contributed by atoms with Gasteiger partial charge in [-0.05, 0) is 25.0 Å². The number of halogens is 3. The number of piperidine rings is 1. The fourth-order valence-electron chi connectivity index (χ4n) is 2.91. The number of hydrogen-bond acceptors (Lipinski definition) is 5. The van der Waals surface area contributed by atoms with Crippen molar-refractivity contribution in [1.82, 2.24) is 9.96 Å². The number of hydrogen-bond donors (Lipinski definition) is 0. The smallest absolute Gasteiger partial charge is 0.333 e. The van der Waals surface area contributed by atoms with Crippen LogP contribution in [0.2, 0.25) is 0 Å². The van der Waals surface area contributed by atoms with Gasteiger partial charge in [0.1, 0.15) is 0 Å². The first-order valence-corrected chi connectivity index (χ1v) is 7.76. The predicted octanol–water partition coefficient (Wildman–Crippen LogP) is 1.54. The minimum atomic E-state index is -4.35. The summed E-state index contributed by atoms with van der Waals surface area (Å²) in [5, 5.41) is 0.188. The van der Waals surface area contributed by atoms with Crippen molar-refractivity contribution in [3.05, 3.63) is 35.4 Å². The molecule has 0 radical (unpaired) electrons. The van der Waals surface area contributed by atoms with Crippen LogP contribution in [0.4, 0.5) is 13.2 Å². The van der Waals surface area contributed by atoms with Crippen LogP contribution in [-0.2, 0) is 14.4 Å². The van der Waals surface area contributed by atoms with Crippen molar-refractivity contribution >= 4 is 23.7 Å². The van der Waals surface area contributed by atoms with Crippen LogP contribution in [0.15, 0.2) is 24.3 Å². The van der Waals surface area contributed by atoms with Gasteiger partial charge in [-0.3, -0.25) is 14.4 Å². The topological polar surface area (TPSA) is 84.0 Å². The molecule has 3 amide bonds. The highest BCUT2D eigenvalue weighted by Crippen LogP contribution is 2.34. The summed E-state index contributed by atoms with van der Waals surface area (Å²) in [4.78, 5) is 53.7. The molecule has 0 saturated carbocycles. The van der Waals surface area contributed by atoms with Gasteiger partial charge in [-0.2, -0.15) is 13.2 Å². The van der Waals surface area contributed by atoms with Crippen LogP contribution in [-0.4, -0.2) is 52.9 Å². The number of hydroxylamine groups is 2. The molecule has 2 heterocycles. The van der Waals surface area contributed by atoms with Crippen LogP contribution in [0.1, 0.15) is 33.6 Å². The quantitative estimate of drug-likeness (QED) is 0.553. The summed E-state index contributed by atoms with van der Waals surface area (Å²) in [7, 11) is 0. The highest BCUT2D eigenvalue weighted by atomic mass is 19.4. The van der Waals surface area contributed by atoms with Crippen LogP contribution in [0.5, 0.6) is 0 Å². The number of likely N-dealkylation sites (tertiary alicyclic amines) is 1. The molecule has 7 nitrogen and oxygen atoms in total. The molecule has 1 aromatic rings. The summed E-state index contributed by atoms with van der Waals surface area (Å²) < 4.78 is 37.9. The number of rotatable bonds is 1. The molecule has 1 saturated heterocycles. The summed E-state index contributed by atoms with van der Waals surface area (Å²) in [5.74, 6) is -5.99. The molecule has 0 spiro atoms. The van der Waals surface area contributed by atoms with E-state index in [2.05, 4.69) is 4.84 Å². The van der Waals surface area contributed by atoms with Crippen molar-refractivity contribution in [2.75, 3.05) is 13.1 Å². The molecule has 2 aliphatic rings. The van der Waals surface area contributed by atoms with E-state index >= 15 is 0 Å². The second-order valence-corrected chi connectivity index (χ2v) is 5.94. The molecule has 0 N–H and O–H groups in total. The Morgan fingerprint density at radius 1 is 1.00 bits per heavy atom. The maximum Gasteiger partial charge on any atom is 0.421 e. The number of benzene rings is 1. The van der Waals surface area contributed by atoms with Gasteiger partial charge in [-0.1, -0.05) is 17.2 Å². The minimum absolute atomic E-state index is 0.0312. The van der Waals surface area contributed by atoms with Crippen LogP contribution in [0.25, 0.3) is 0 Å². The summed E-state index contributed by atoms with van der Waals surface area (Å²) >= 11 is 0. The molecule has 0 aromatic heterocycles. The van der Waals surface area contributed by atoms with Gasteiger partial charge in [-0.25, -0.2) is 4.79 Å². The average molecular weight is 370 g/mol. The Hall–Kier alpha value is -2.91. The fourth-order valence-corrected chi connectivity index (χ4v) is 2.91. The summed E-state index contributed by atoms with van der Waals surface area (Å²) in [5.41, 5.74) is 0.0625. The van der Waals surface area contributed by atoms with E-state index in [0.29, 0.717) is 0 Å². The number of carbonyl (C=O) groups excluding carboxylic acids is 4. The van der Waals surface area contributed by atoms with Gasteiger partial charge in [0.15, 0.2) is 0 Å². The number of carbonyl (C=O) groups is 4. The zero-order valence-corrected chi connectivity index (χ0v) is 13.3. The molecule has 3 rings (SSSR count). The van der Waals surface area contributed by atoms with Gasteiger partial charge in [-0.15, -0.1) is 0 Å². The third-order valence-electron chi connectivity index (χ3n) is 4.35. The molecule has 10 heteroatoms. The lowest BCUT2D eigenvalue weighted by molar-refractivity contribution is -0.190. The van der Waals surface area contributed by atoms with E-state index in [1.165, 1.54) is 24.3 Å². The Labute approximate surface area is 145 Å². The summed E-state index contributed by atoms with van der Waals surface area (Å²) in [6.45, 7) is -0.527. The van der Waals surface area contributed by atoms with E-state index in [1.807, 2.05) is 0 Å². The third-order valence-corrected chi connectivity index (χ3v) is 4.35. The first kappa shape index (κ1) is 17.9. The average Bonchev–Trinajstić information content (AvgIpc) is 2.86. The van der Waals surface area contributed by atoms with Crippen molar-refractivity contribution in [3.63, 3.8) is 0 Å². The Kier molecular flexibility index (Phi) is 4.43. The zero-order chi connectivity index (χ0) is 19.1. The van der Waals surface area contributed by atoms with Gasteiger partial charge in [0.2, 0.25) is 0 Å². The Bertz CT molecular complexity index is 749. The maximum atomic E-state index is 12.6.